The lowest BCUT2D eigenvalue weighted by molar-refractivity contribution is -0.141. The van der Waals surface area contributed by atoms with E-state index in [-0.39, 0.29) is 29.9 Å². The van der Waals surface area contributed by atoms with Crippen molar-refractivity contribution in [1.29, 1.82) is 0 Å². The minimum atomic E-state index is -0.333. The quantitative estimate of drug-likeness (QED) is 0.712. The van der Waals surface area contributed by atoms with E-state index in [1.54, 1.807) is 31.5 Å². The molecule has 1 unspecified atom stereocenters. The van der Waals surface area contributed by atoms with Crippen LogP contribution in [0.4, 0.5) is 4.39 Å². The van der Waals surface area contributed by atoms with E-state index in [9.17, 15) is 14.0 Å². The smallest absolute Gasteiger partial charge is 0.306 e. The van der Waals surface area contributed by atoms with Crippen LogP contribution >= 0.6 is 0 Å². The molecule has 1 heterocycles. The predicted octanol–water partition coefficient (Wildman–Crippen LogP) is 4.62. The first kappa shape index (κ1) is 19.7. The van der Waals surface area contributed by atoms with Crippen LogP contribution in [0.25, 0.3) is 11.1 Å². The number of rotatable bonds is 5. The van der Waals surface area contributed by atoms with E-state index in [2.05, 4.69) is 4.98 Å². The second kappa shape index (κ2) is 8.74. The number of hydrogen-bond acceptors (Lipinski definition) is 4. The third-order valence-corrected chi connectivity index (χ3v) is 4.94. The van der Waals surface area contributed by atoms with Crippen molar-refractivity contribution in [2.75, 3.05) is 7.11 Å². The minimum absolute atomic E-state index is 0.0296. The van der Waals surface area contributed by atoms with Gasteiger partial charge in [0.15, 0.2) is 5.78 Å². The fourth-order valence-corrected chi connectivity index (χ4v) is 3.55. The summed E-state index contributed by atoms with van der Waals surface area (Å²) in [5.41, 5.74) is 3.98. The van der Waals surface area contributed by atoms with Gasteiger partial charge in [0.1, 0.15) is 5.82 Å². The zero-order chi connectivity index (χ0) is 20.1. The minimum Gasteiger partial charge on any atom is -0.469 e. The molecule has 5 heteroatoms. The Morgan fingerprint density at radius 3 is 2.39 bits per heavy atom. The van der Waals surface area contributed by atoms with Crippen LogP contribution in [-0.4, -0.2) is 23.8 Å². The molecular formula is C23H22FNO3. The molecule has 3 rings (SSSR count). The molecule has 0 N–H and O–H groups in total. The molecule has 2 aromatic rings. The number of esters is 1. The molecule has 4 nitrogen and oxygen atoms in total. The zero-order valence-corrected chi connectivity index (χ0v) is 15.9. The fraction of sp³-hybridized carbons (Fsp3) is 0.261. The molecule has 1 aromatic carbocycles. The number of allylic oxidation sites excluding steroid dienone is 4. The lowest BCUT2D eigenvalue weighted by Crippen LogP contribution is -2.08. The summed E-state index contributed by atoms with van der Waals surface area (Å²) in [4.78, 5) is 28.4. The number of carbonyl (C=O) groups is 2. The normalized spacial score (nSPS) is 17.0. The number of benzene rings is 1. The van der Waals surface area contributed by atoms with E-state index in [0.717, 1.165) is 22.3 Å². The molecule has 1 aliphatic carbocycles. The van der Waals surface area contributed by atoms with Gasteiger partial charge in [-0.1, -0.05) is 18.2 Å². The van der Waals surface area contributed by atoms with E-state index in [4.69, 9.17) is 4.74 Å². The number of aromatic nitrogens is 1. The maximum absolute atomic E-state index is 13.5. The fourth-order valence-electron chi connectivity index (χ4n) is 3.55. The summed E-state index contributed by atoms with van der Waals surface area (Å²) < 4.78 is 18.3. The summed E-state index contributed by atoms with van der Waals surface area (Å²) in [5.74, 6) is -0.716. The van der Waals surface area contributed by atoms with Gasteiger partial charge < -0.3 is 4.74 Å². The molecular weight excluding hydrogens is 357 g/mol. The topological polar surface area (TPSA) is 56.3 Å². The number of nitrogens with zero attached hydrogens (tertiary/aromatic N) is 1. The van der Waals surface area contributed by atoms with Crippen LogP contribution < -0.4 is 0 Å². The third kappa shape index (κ3) is 4.42. The molecule has 1 aromatic heterocycles. The second-order valence-electron chi connectivity index (χ2n) is 6.81. The van der Waals surface area contributed by atoms with Crippen molar-refractivity contribution in [2.45, 2.75) is 26.2 Å². The molecule has 0 amide bonds. The van der Waals surface area contributed by atoms with Crippen LogP contribution in [0.15, 0.2) is 60.4 Å². The maximum atomic E-state index is 13.5. The van der Waals surface area contributed by atoms with Crippen LogP contribution in [0.3, 0.4) is 0 Å². The molecule has 0 saturated carbocycles. The third-order valence-electron chi connectivity index (χ3n) is 4.94. The number of halogens is 1. The van der Waals surface area contributed by atoms with Crippen LogP contribution in [0.1, 0.15) is 37.3 Å². The highest BCUT2D eigenvalue weighted by molar-refractivity contribution is 6.15. The molecule has 0 fully saturated rings. The highest BCUT2D eigenvalue weighted by Gasteiger charge is 2.25. The summed E-state index contributed by atoms with van der Waals surface area (Å²) in [6.45, 7) is 1.55. The lowest BCUT2D eigenvalue weighted by Gasteiger charge is -2.16. The largest absolute Gasteiger partial charge is 0.469 e. The van der Waals surface area contributed by atoms with E-state index in [1.165, 1.54) is 19.2 Å². The maximum Gasteiger partial charge on any atom is 0.306 e. The van der Waals surface area contributed by atoms with Crippen molar-refractivity contribution in [3.63, 3.8) is 0 Å². The first-order valence-electron chi connectivity index (χ1n) is 9.19. The van der Waals surface area contributed by atoms with Crippen molar-refractivity contribution in [2.24, 2.45) is 5.92 Å². The highest BCUT2D eigenvalue weighted by atomic mass is 19.1. The molecule has 28 heavy (non-hydrogen) atoms. The number of methoxy groups -OCH3 is 1. The number of ether oxygens (including phenoxy) is 1. The monoisotopic (exact) mass is 379 g/mol. The van der Waals surface area contributed by atoms with Gasteiger partial charge in [-0.2, -0.15) is 0 Å². The molecule has 0 aliphatic heterocycles. The van der Waals surface area contributed by atoms with Crippen LogP contribution in [0.5, 0.6) is 0 Å². The van der Waals surface area contributed by atoms with Gasteiger partial charge in [0.2, 0.25) is 0 Å². The highest BCUT2D eigenvalue weighted by Crippen LogP contribution is 2.40. The molecule has 1 aliphatic rings. The number of carbonyl (C=O) groups excluding carboxylic acids is 2. The molecule has 144 valence electrons. The van der Waals surface area contributed by atoms with Gasteiger partial charge >= 0.3 is 5.97 Å². The Morgan fingerprint density at radius 2 is 1.79 bits per heavy atom. The van der Waals surface area contributed by atoms with Crippen molar-refractivity contribution >= 4 is 22.9 Å². The SMILES string of the molecule is COC(=O)CC1C=C(c2ccncc2)C(c2ccc(F)cc2)=C(C(C)=O)CC1. The molecule has 0 bridgehead atoms. The Kier molecular flexibility index (Phi) is 6.14. The molecule has 0 radical (unpaired) electrons. The van der Waals surface area contributed by atoms with Gasteiger partial charge in [-0.05, 0) is 72.2 Å². The molecule has 0 saturated heterocycles. The average molecular weight is 379 g/mol. The second-order valence-corrected chi connectivity index (χ2v) is 6.81. The summed E-state index contributed by atoms with van der Waals surface area (Å²) in [7, 11) is 1.37. The van der Waals surface area contributed by atoms with Gasteiger partial charge in [0, 0.05) is 18.0 Å². The van der Waals surface area contributed by atoms with E-state index < -0.39 is 0 Å². The van der Waals surface area contributed by atoms with Crippen LogP contribution in [0.2, 0.25) is 0 Å². The molecule has 0 spiro atoms. The summed E-state index contributed by atoms with van der Waals surface area (Å²) in [5, 5.41) is 0. The van der Waals surface area contributed by atoms with Gasteiger partial charge in [-0.15, -0.1) is 0 Å². The zero-order valence-electron chi connectivity index (χ0n) is 15.9. The lowest BCUT2D eigenvalue weighted by atomic mass is 9.87. The van der Waals surface area contributed by atoms with Gasteiger partial charge in [0.05, 0.1) is 13.5 Å². The van der Waals surface area contributed by atoms with E-state index >= 15 is 0 Å². The number of pyridine rings is 1. The van der Waals surface area contributed by atoms with Crippen molar-refractivity contribution in [1.82, 2.24) is 4.98 Å². The van der Waals surface area contributed by atoms with Crippen molar-refractivity contribution in [3.8, 4) is 0 Å². The number of Topliss-reactive ketones (excluding diaryl/α,β-unsaturated/α-hetero) is 1. The Hall–Kier alpha value is -3.08. The average Bonchev–Trinajstić information content (AvgIpc) is 2.89. The standard InChI is InChI=1S/C23H22FNO3/c1-15(26)20-8-3-16(14-22(27)28-2)13-21(17-9-11-25-12-10-17)23(20)18-4-6-19(24)7-5-18/h4-7,9-13,16H,3,8,14H2,1-2H3. The molecule has 1 atom stereocenters. The Labute approximate surface area is 163 Å². The number of ketones is 1. The first-order chi connectivity index (χ1) is 13.5. The van der Waals surface area contributed by atoms with E-state index in [1.807, 2.05) is 18.2 Å². The predicted molar refractivity (Wildman–Crippen MR) is 106 cm³/mol. The van der Waals surface area contributed by atoms with Crippen molar-refractivity contribution in [3.05, 3.63) is 77.4 Å². The summed E-state index contributed by atoms with van der Waals surface area (Å²) in [6.07, 6.45) is 6.84. The Bertz CT molecular complexity index is 930. The van der Waals surface area contributed by atoms with E-state index in [0.29, 0.717) is 18.4 Å². The Morgan fingerprint density at radius 1 is 1.11 bits per heavy atom. The van der Waals surface area contributed by atoms with Gasteiger partial charge in [0.25, 0.3) is 0 Å². The Balaban J connectivity index is 2.20. The van der Waals surface area contributed by atoms with Crippen LogP contribution in [-0.2, 0) is 14.3 Å². The van der Waals surface area contributed by atoms with Gasteiger partial charge in [-0.3, -0.25) is 14.6 Å². The van der Waals surface area contributed by atoms with Gasteiger partial charge in [-0.25, -0.2) is 4.39 Å². The van der Waals surface area contributed by atoms with Crippen LogP contribution in [0, 0.1) is 11.7 Å². The van der Waals surface area contributed by atoms with Crippen molar-refractivity contribution < 1.29 is 18.7 Å². The number of hydrogen-bond donors (Lipinski definition) is 0. The summed E-state index contributed by atoms with van der Waals surface area (Å²) >= 11 is 0. The summed E-state index contributed by atoms with van der Waals surface area (Å²) in [6, 6.07) is 9.88. The first-order valence-corrected chi connectivity index (χ1v) is 9.19.